The molecule has 74 valence electrons. The highest BCUT2D eigenvalue weighted by Crippen LogP contribution is 2.23. The van der Waals surface area contributed by atoms with E-state index < -0.39 is 0 Å². The van der Waals surface area contributed by atoms with Crippen molar-refractivity contribution in [2.45, 2.75) is 19.8 Å². The number of hydrogen-bond donors (Lipinski definition) is 0. The summed E-state index contributed by atoms with van der Waals surface area (Å²) in [5.74, 6) is 1.51. The topological polar surface area (TPSA) is 30.7 Å². The Kier molecular flexibility index (Phi) is 2.96. The van der Waals surface area contributed by atoms with Crippen LogP contribution in [0.2, 0.25) is 0 Å². The van der Waals surface area contributed by atoms with Crippen LogP contribution in [-0.2, 0) is 0 Å². The molecule has 0 spiro atoms. The maximum absolute atomic E-state index is 4.51. The Hall–Kier alpha value is 0.0800. The highest BCUT2D eigenvalue weighted by atomic mass is 127. The molecule has 0 bridgehead atoms. The number of rotatable bonds is 1. The van der Waals surface area contributed by atoms with Crippen molar-refractivity contribution >= 4 is 56.6 Å². The SMILES string of the molecule is CC(C)c1nc2nc(I)ccc2n1I. The minimum Gasteiger partial charge on any atom is -0.266 e. The normalized spacial score (nSPS) is 11.5. The Bertz CT molecular complexity index is 476. The van der Waals surface area contributed by atoms with Gasteiger partial charge in [-0.2, -0.15) is 0 Å². The molecule has 14 heavy (non-hydrogen) atoms. The minimum atomic E-state index is 0.429. The van der Waals surface area contributed by atoms with Crippen LogP contribution in [0.3, 0.4) is 0 Å². The van der Waals surface area contributed by atoms with Gasteiger partial charge in [-0.15, -0.1) is 0 Å². The molecule has 0 radical (unpaired) electrons. The molecule has 0 aliphatic heterocycles. The molecule has 0 aliphatic rings. The van der Waals surface area contributed by atoms with E-state index in [4.69, 9.17) is 0 Å². The Morgan fingerprint density at radius 1 is 1.29 bits per heavy atom. The summed E-state index contributed by atoms with van der Waals surface area (Å²) in [6.07, 6.45) is 0. The first kappa shape index (κ1) is 10.6. The van der Waals surface area contributed by atoms with Crippen LogP contribution < -0.4 is 0 Å². The van der Waals surface area contributed by atoms with Crippen LogP contribution in [0.4, 0.5) is 0 Å². The first-order chi connectivity index (χ1) is 6.59. The van der Waals surface area contributed by atoms with Crippen molar-refractivity contribution in [2.75, 3.05) is 0 Å². The zero-order valence-electron chi connectivity index (χ0n) is 7.83. The monoisotopic (exact) mass is 413 g/mol. The highest BCUT2D eigenvalue weighted by Gasteiger charge is 2.12. The standard InChI is InChI=1S/C9H9I2N3/c1-5(2)9-13-8-6(14(9)11)3-4-7(10)12-8/h3-5H,1-2H3. The van der Waals surface area contributed by atoms with Crippen LogP contribution in [0.5, 0.6) is 0 Å². The van der Waals surface area contributed by atoms with Crippen molar-refractivity contribution in [1.29, 1.82) is 0 Å². The Labute approximate surface area is 110 Å². The number of pyridine rings is 1. The van der Waals surface area contributed by atoms with Crippen LogP contribution in [0.1, 0.15) is 25.6 Å². The third kappa shape index (κ3) is 1.75. The lowest BCUT2D eigenvalue weighted by Crippen LogP contribution is -1.94. The van der Waals surface area contributed by atoms with Gasteiger partial charge in [-0.05, 0) is 34.7 Å². The van der Waals surface area contributed by atoms with E-state index in [0.29, 0.717) is 5.92 Å². The van der Waals surface area contributed by atoms with Crippen molar-refractivity contribution in [3.05, 3.63) is 21.7 Å². The number of hydrogen-bond acceptors (Lipinski definition) is 2. The smallest absolute Gasteiger partial charge is 0.179 e. The van der Waals surface area contributed by atoms with Crippen molar-refractivity contribution in [3.8, 4) is 0 Å². The van der Waals surface area contributed by atoms with Crippen molar-refractivity contribution in [2.24, 2.45) is 0 Å². The van der Waals surface area contributed by atoms with E-state index in [0.717, 1.165) is 20.7 Å². The number of halogens is 2. The molecular weight excluding hydrogens is 404 g/mol. The van der Waals surface area contributed by atoms with E-state index in [2.05, 4.69) is 78.1 Å². The first-order valence-electron chi connectivity index (χ1n) is 4.30. The van der Waals surface area contributed by atoms with Gasteiger partial charge in [0.15, 0.2) is 5.65 Å². The van der Waals surface area contributed by atoms with Gasteiger partial charge in [-0.3, -0.25) is 2.78 Å². The summed E-state index contributed by atoms with van der Waals surface area (Å²) < 4.78 is 3.07. The maximum atomic E-state index is 4.51. The lowest BCUT2D eigenvalue weighted by atomic mass is 10.2. The van der Waals surface area contributed by atoms with E-state index in [9.17, 15) is 0 Å². The molecule has 2 aromatic rings. The second-order valence-electron chi connectivity index (χ2n) is 3.38. The van der Waals surface area contributed by atoms with Gasteiger partial charge in [-0.25, -0.2) is 9.97 Å². The second-order valence-corrected chi connectivity index (χ2v) is 5.45. The number of imidazole rings is 1. The predicted molar refractivity (Wildman–Crippen MR) is 73.8 cm³/mol. The van der Waals surface area contributed by atoms with Crippen molar-refractivity contribution in [3.63, 3.8) is 0 Å². The highest BCUT2D eigenvalue weighted by molar-refractivity contribution is 14.1. The average Bonchev–Trinajstić information content (AvgIpc) is 2.43. The molecule has 0 saturated heterocycles. The van der Waals surface area contributed by atoms with Gasteiger partial charge in [0.2, 0.25) is 0 Å². The van der Waals surface area contributed by atoms with Crippen molar-refractivity contribution < 1.29 is 0 Å². The van der Waals surface area contributed by atoms with Crippen LogP contribution in [0.15, 0.2) is 12.1 Å². The fraction of sp³-hybridized carbons (Fsp3) is 0.333. The molecule has 5 heteroatoms. The summed E-state index contributed by atoms with van der Waals surface area (Å²) in [5, 5.41) is 0. The average molecular weight is 413 g/mol. The fourth-order valence-electron chi connectivity index (χ4n) is 1.29. The number of fused-ring (bicyclic) bond motifs is 1. The Morgan fingerprint density at radius 3 is 2.64 bits per heavy atom. The lowest BCUT2D eigenvalue weighted by molar-refractivity contribution is 0.793. The number of nitrogens with zero attached hydrogens (tertiary/aromatic N) is 3. The minimum absolute atomic E-state index is 0.429. The molecule has 0 N–H and O–H groups in total. The fourth-order valence-corrected chi connectivity index (χ4v) is 2.73. The number of aromatic nitrogens is 3. The summed E-state index contributed by atoms with van der Waals surface area (Å²) in [6, 6.07) is 4.07. The van der Waals surface area contributed by atoms with Gasteiger partial charge in [0.25, 0.3) is 0 Å². The third-order valence-corrected chi connectivity index (χ3v) is 3.58. The molecular formula is C9H9I2N3. The Morgan fingerprint density at radius 2 is 2.00 bits per heavy atom. The molecule has 3 nitrogen and oxygen atoms in total. The van der Waals surface area contributed by atoms with Gasteiger partial charge in [0, 0.05) is 5.92 Å². The predicted octanol–water partition coefficient (Wildman–Crippen LogP) is 3.36. The third-order valence-electron chi connectivity index (χ3n) is 1.97. The Balaban J connectivity index is 2.73. The molecule has 2 heterocycles. The molecule has 0 amide bonds. The molecule has 0 unspecified atom stereocenters. The van der Waals surface area contributed by atoms with Gasteiger partial charge in [-0.1, -0.05) is 13.8 Å². The van der Waals surface area contributed by atoms with E-state index in [1.54, 1.807) is 0 Å². The van der Waals surface area contributed by atoms with Crippen LogP contribution in [0, 0.1) is 3.70 Å². The van der Waals surface area contributed by atoms with E-state index in [1.165, 1.54) is 0 Å². The summed E-state index contributed by atoms with van der Waals surface area (Å²) >= 11 is 4.48. The lowest BCUT2D eigenvalue weighted by Gasteiger charge is -2.01. The summed E-state index contributed by atoms with van der Waals surface area (Å²) in [5.41, 5.74) is 1.93. The molecule has 2 aromatic heterocycles. The van der Waals surface area contributed by atoms with Crippen LogP contribution in [0.25, 0.3) is 11.2 Å². The zero-order valence-corrected chi connectivity index (χ0v) is 12.1. The molecule has 0 aromatic carbocycles. The zero-order chi connectivity index (χ0) is 10.3. The van der Waals surface area contributed by atoms with E-state index in [1.807, 2.05) is 6.07 Å². The van der Waals surface area contributed by atoms with Gasteiger partial charge < -0.3 is 0 Å². The molecule has 0 atom stereocenters. The maximum Gasteiger partial charge on any atom is 0.179 e. The first-order valence-corrected chi connectivity index (χ1v) is 6.35. The second kappa shape index (κ2) is 3.92. The molecule has 0 fully saturated rings. The van der Waals surface area contributed by atoms with Crippen molar-refractivity contribution in [1.82, 2.24) is 12.7 Å². The largest absolute Gasteiger partial charge is 0.266 e. The molecule has 0 saturated carbocycles. The van der Waals surface area contributed by atoms with E-state index >= 15 is 0 Å². The van der Waals surface area contributed by atoms with Gasteiger partial charge in [0.05, 0.1) is 28.4 Å². The molecule has 2 rings (SSSR count). The van der Waals surface area contributed by atoms with Crippen LogP contribution in [-0.4, -0.2) is 12.7 Å². The van der Waals surface area contributed by atoms with Crippen LogP contribution >= 0.6 is 45.5 Å². The quantitative estimate of drug-likeness (QED) is 0.531. The van der Waals surface area contributed by atoms with E-state index in [-0.39, 0.29) is 0 Å². The summed E-state index contributed by atoms with van der Waals surface area (Å²) in [6.45, 7) is 4.28. The summed E-state index contributed by atoms with van der Waals surface area (Å²) in [7, 11) is 0. The van der Waals surface area contributed by atoms with Gasteiger partial charge in [0.1, 0.15) is 9.53 Å². The summed E-state index contributed by atoms with van der Waals surface area (Å²) in [4.78, 5) is 8.90. The van der Waals surface area contributed by atoms with Gasteiger partial charge >= 0.3 is 0 Å². The molecule has 0 aliphatic carbocycles.